The average molecular weight is 319 g/mol. The highest BCUT2D eigenvalue weighted by Gasteiger charge is 2.26. The fourth-order valence-corrected chi connectivity index (χ4v) is 2.96. The van der Waals surface area contributed by atoms with Crippen LogP contribution in [-0.4, -0.2) is 29.7 Å². The third-order valence-electron chi connectivity index (χ3n) is 4.36. The van der Waals surface area contributed by atoms with Crippen LogP contribution in [0.1, 0.15) is 38.2 Å². The number of carboxylic acids is 1. The maximum atomic E-state index is 11.7. The fourth-order valence-electron chi connectivity index (χ4n) is 2.96. The second-order valence-electron chi connectivity index (χ2n) is 5.99. The molecule has 1 fully saturated rings. The highest BCUT2D eigenvalue weighted by molar-refractivity contribution is 5.91. The average Bonchev–Trinajstić information content (AvgIpc) is 2.52. The summed E-state index contributed by atoms with van der Waals surface area (Å²) in [5.74, 6) is -0.896. The van der Waals surface area contributed by atoms with Gasteiger partial charge in [-0.25, -0.2) is 4.79 Å². The number of anilines is 2. The van der Waals surface area contributed by atoms with Gasteiger partial charge in [-0.3, -0.25) is 4.79 Å². The van der Waals surface area contributed by atoms with Gasteiger partial charge in [-0.2, -0.15) is 0 Å². The summed E-state index contributed by atoms with van der Waals surface area (Å²) in [5, 5.41) is 18.1. The minimum Gasteiger partial charge on any atom is -0.481 e. The molecule has 2 rings (SSSR count). The van der Waals surface area contributed by atoms with Crippen molar-refractivity contribution in [2.45, 2.75) is 45.6 Å². The Balaban J connectivity index is 1.98. The zero-order valence-corrected chi connectivity index (χ0v) is 13.7. The summed E-state index contributed by atoms with van der Waals surface area (Å²) in [6.07, 6.45) is 3.13. The molecular formula is C17H25N3O3. The van der Waals surface area contributed by atoms with Crippen molar-refractivity contribution in [2.24, 2.45) is 5.92 Å². The van der Waals surface area contributed by atoms with Crippen LogP contribution in [0, 0.1) is 12.8 Å². The number of urea groups is 1. The van der Waals surface area contributed by atoms with Gasteiger partial charge in [-0.15, -0.1) is 0 Å². The van der Waals surface area contributed by atoms with E-state index in [9.17, 15) is 9.59 Å². The lowest BCUT2D eigenvalue weighted by Crippen LogP contribution is -2.30. The maximum absolute atomic E-state index is 11.7. The monoisotopic (exact) mass is 319 g/mol. The molecule has 1 aliphatic carbocycles. The highest BCUT2D eigenvalue weighted by Crippen LogP contribution is 2.29. The molecule has 0 aliphatic heterocycles. The number of nitrogens with one attached hydrogen (secondary N) is 3. The summed E-state index contributed by atoms with van der Waals surface area (Å²) in [6.45, 7) is 4.42. The largest absolute Gasteiger partial charge is 0.481 e. The summed E-state index contributed by atoms with van der Waals surface area (Å²) in [7, 11) is 0. The highest BCUT2D eigenvalue weighted by atomic mass is 16.4. The van der Waals surface area contributed by atoms with Crippen molar-refractivity contribution in [3.8, 4) is 0 Å². The van der Waals surface area contributed by atoms with Gasteiger partial charge >= 0.3 is 12.0 Å². The predicted octanol–water partition coefficient (Wildman–Crippen LogP) is 3.19. The molecule has 6 heteroatoms. The van der Waals surface area contributed by atoms with Crippen LogP contribution in [0.2, 0.25) is 0 Å². The Bertz CT molecular complexity index is 566. The van der Waals surface area contributed by atoms with E-state index in [4.69, 9.17) is 5.11 Å². The molecule has 0 heterocycles. The van der Waals surface area contributed by atoms with Crippen LogP contribution in [0.25, 0.3) is 0 Å². The third kappa shape index (κ3) is 4.61. The van der Waals surface area contributed by atoms with E-state index >= 15 is 0 Å². The molecule has 0 saturated heterocycles. The number of carboxylic acid groups (broad SMARTS) is 1. The molecular weight excluding hydrogens is 294 g/mol. The van der Waals surface area contributed by atoms with E-state index in [1.54, 1.807) is 0 Å². The Morgan fingerprint density at radius 1 is 1.17 bits per heavy atom. The Morgan fingerprint density at radius 3 is 2.43 bits per heavy atom. The van der Waals surface area contributed by atoms with Crippen molar-refractivity contribution in [2.75, 3.05) is 17.2 Å². The van der Waals surface area contributed by atoms with Gasteiger partial charge in [0.05, 0.1) is 5.92 Å². The SMILES string of the molecule is CCNC(=O)Nc1cccc(NC2CCC(C(=O)O)CC2)c1C. The Morgan fingerprint density at radius 2 is 1.83 bits per heavy atom. The van der Waals surface area contributed by atoms with Gasteiger partial charge < -0.3 is 21.1 Å². The second-order valence-corrected chi connectivity index (χ2v) is 5.99. The Hall–Kier alpha value is -2.24. The molecule has 23 heavy (non-hydrogen) atoms. The zero-order valence-electron chi connectivity index (χ0n) is 13.7. The standard InChI is InChI=1S/C17H25N3O3/c1-3-18-17(23)20-15-6-4-5-14(11(15)2)19-13-9-7-12(8-10-13)16(21)22/h4-6,12-13,19H,3,7-10H2,1-2H3,(H,21,22)(H2,18,20,23). The minimum atomic E-state index is -0.687. The van der Waals surface area contributed by atoms with E-state index in [0.29, 0.717) is 19.4 Å². The summed E-state index contributed by atoms with van der Waals surface area (Å²) in [5.41, 5.74) is 2.75. The topological polar surface area (TPSA) is 90.5 Å². The molecule has 0 radical (unpaired) electrons. The number of hydrogen-bond acceptors (Lipinski definition) is 3. The molecule has 4 N–H and O–H groups in total. The summed E-state index contributed by atoms with van der Waals surface area (Å²) in [4.78, 5) is 22.7. The van der Waals surface area contributed by atoms with E-state index in [1.165, 1.54) is 0 Å². The van der Waals surface area contributed by atoms with Crippen LogP contribution in [-0.2, 0) is 4.79 Å². The molecule has 0 aromatic heterocycles. The molecule has 1 saturated carbocycles. The lowest BCUT2D eigenvalue weighted by Gasteiger charge is -2.28. The van der Waals surface area contributed by atoms with Crippen molar-refractivity contribution in [1.29, 1.82) is 0 Å². The first-order chi connectivity index (χ1) is 11.0. The van der Waals surface area contributed by atoms with Crippen LogP contribution in [0.15, 0.2) is 18.2 Å². The third-order valence-corrected chi connectivity index (χ3v) is 4.36. The van der Waals surface area contributed by atoms with Gasteiger partial charge in [0.1, 0.15) is 0 Å². The number of benzene rings is 1. The first kappa shape index (κ1) is 17.1. The second kappa shape index (κ2) is 7.85. The lowest BCUT2D eigenvalue weighted by molar-refractivity contribution is -0.142. The van der Waals surface area contributed by atoms with Gasteiger partial charge in [-0.1, -0.05) is 6.07 Å². The van der Waals surface area contributed by atoms with Crippen LogP contribution in [0.4, 0.5) is 16.2 Å². The number of rotatable bonds is 5. The number of carbonyl (C=O) groups excluding carboxylic acids is 1. The minimum absolute atomic E-state index is 0.208. The van der Waals surface area contributed by atoms with Crippen LogP contribution in [0.5, 0.6) is 0 Å². The Labute approximate surface area is 136 Å². The van der Waals surface area contributed by atoms with Crippen LogP contribution < -0.4 is 16.0 Å². The van der Waals surface area contributed by atoms with Crippen molar-refractivity contribution in [3.05, 3.63) is 23.8 Å². The summed E-state index contributed by atoms with van der Waals surface area (Å²) < 4.78 is 0. The predicted molar refractivity (Wildman–Crippen MR) is 90.9 cm³/mol. The van der Waals surface area contributed by atoms with Gasteiger partial charge in [0.15, 0.2) is 0 Å². The smallest absolute Gasteiger partial charge is 0.319 e. The number of hydrogen-bond donors (Lipinski definition) is 4. The first-order valence-electron chi connectivity index (χ1n) is 8.15. The van der Waals surface area contributed by atoms with Gasteiger partial charge in [-0.05, 0) is 57.2 Å². The molecule has 0 atom stereocenters. The van der Waals surface area contributed by atoms with E-state index in [0.717, 1.165) is 29.8 Å². The number of aliphatic carboxylic acids is 1. The summed E-state index contributed by atoms with van der Waals surface area (Å²) >= 11 is 0. The van der Waals surface area contributed by atoms with Gasteiger partial charge in [0, 0.05) is 24.0 Å². The van der Waals surface area contributed by atoms with Gasteiger partial charge in [0.2, 0.25) is 0 Å². The Kier molecular flexibility index (Phi) is 5.84. The van der Waals surface area contributed by atoms with Crippen molar-refractivity contribution >= 4 is 23.4 Å². The summed E-state index contributed by atoms with van der Waals surface area (Å²) in [6, 6.07) is 5.83. The number of amides is 2. The fraction of sp³-hybridized carbons (Fsp3) is 0.529. The normalized spacial score (nSPS) is 20.6. The molecule has 1 aromatic carbocycles. The van der Waals surface area contributed by atoms with Crippen molar-refractivity contribution in [1.82, 2.24) is 5.32 Å². The molecule has 1 aromatic rings. The van der Waals surface area contributed by atoms with Crippen LogP contribution in [0.3, 0.4) is 0 Å². The molecule has 126 valence electrons. The first-order valence-corrected chi connectivity index (χ1v) is 8.15. The molecule has 1 aliphatic rings. The molecule has 2 amide bonds. The molecule has 0 unspecified atom stereocenters. The van der Waals surface area contributed by atoms with Crippen molar-refractivity contribution < 1.29 is 14.7 Å². The quantitative estimate of drug-likeness (QED) is 0.671. The maximum Gasteiger partial charge on any atom is 0.319 e. The van der Waals surface area contributed by atoms with E-state index in [-0.39, 0.29) is 18.0 Å². The van der Waals surface area contributed by atoms with Crippen LogP contribution >= 0.6 is 0 Å². The van der Waals surface area contributed by atoms with E-state index < -0.39 is 5.97 Å². The molecule has 0 bridgehead atoms. The zero-order chi connectivity index (χ0) is 16.8. The van der Waals surface area contributed by atoms with Crippen molar-refractivity contribution in [3.63, 3.8) is 0 Å². The lowest BCUT2D eigenvalue weighted by atomic mass is 9.86. The molecule has 6 nitrogen and oxygen atoms in total. The molecule has 0 spiro atoms. The van der Waals surface area contributed by atoms with E-state index in [2.05, 4.69) is 16.0 Å². The van der Waals surface area contributed by atoms with E-state index in [1.807, 2.05) is 32.0 Å². The number of carbonyl (C=O) groups is 2. The van der Waals surface area contributed by atoms with Gasteiger partial charge in [0.25, 0.3) is 0 Å².